The first-order valence-corrected chi connectivity index (χ1v) is 4.81. The van der Waals surface area contributed by atoms with Gasteiger partial charge in [0.1, 0.15) is 5.69 Å². The van der Waals surface area contributed by atoms with Crippen molar-refractivity contribution < 1.29 is 4.79 Å². The molecule has 1 aromatic rings. The Labute approximate surface area is 88.3 Å². The second-order valence-corrected chi connectivity index (χ2v) is 3.93. The SMILES string of the molecule is CC(C)C(N)C(=O)c1ccc(Cl)cn1. The van der Waals surface area contributed by atoms with Crippen LogP contribution in [0.3, 0.4) is 0 Å². The number of hydrogen-bond donors (Lipinski definition) is 1. The molecule has 0 radical (unpaired) electrons. The Kier molecular flexibility index (Phi) is 3.61. The summed E-state index contributed by atoms with van der Waals surface area (Å²) in [6.07, 6.45) is 1.45. The van der Waals surface area contributed by atoms with Gasteiger partial charge >= 0.3 is 0 Å². The van der Waals surface area contributed by atoms with Gasteiger partial charge in [-0.1, -0.05) is 25.4 Å². The first-order valence-electron chi connectivity index (χ1n) is 4.43. The molecule has 4 heteroatoms. The van der Waals surface area contributed by atoms with Crippen molar-refractivity contribution in [1.82, 2.24) is 4.98 Å². The van der Waals surface area contributed by atoms with E-state index >= 15 is 0 Å². The fraction of sp³-hybridized carbons (Fsp3) is 0.400. The maximum absolute atomic E-state index is 11.7. The summed E-state index contributed by atoms with van der Waals surface area (Å²) in [5.41, 5.74) is 6.08. The standard InChI is InChI=1S/C10H13ClN2O/c1-6(2)9(12)10(14)8-4-3-7(11)5-13-8/h3-6,9H,12H2,1-2H3. The van der Waals surface area contributed by atoms with E-state index in [1.54, 1.807) is 12.1 Å². The van der Waals surface area contributed by atoms with E-state index in [0.29, 0.717) is 10.7 Å². The van der Waals surface area contributed by atoms with E-state index < -0.39 is 6.04 Å². The fourth-order valence-corrected chi connectivity index (χ4v) is 1.11. The summed E-state index contributed by atoms with van der Waals surface area (Å²) in [4.78, 5) is 15.6. The molecule has 0 fully saturated rings. The van der Waals surface area contributed by atoms with Crippen LogP contribution in [0.25, 0.3) is 0 Å². The van der Waals surface area contributed by atoms with Gasteiger partial charge in [-0.3, -0.25) is 9.78 Å². The molecule has 0 aromatic carbocycles. The number of aromatic nitrogens is 1. The van der Waals surface area contributed by atoms with E-state index in [2.05, 4.69) is 4.98 Å². The lowest BCUT2D eigenvalue weighted by Crippen LogP contribution is -2.35. The average Bonchev–Trinajstić information content (AvgIpc) is 2.16. The summed E-state index contributed by atoms with van der Waals surface area (Å²) in [7, 11) is 0. The number of hydrogen-bond acceptors (Lipinski definition) is 3. The molecule has 0 saturated heterocycles. The molecule has 0 bridgehead atoms. The molecule has 0 amide bonds. The van der Waals surface area contributed by atoms with Crippen LogP contribution >= 0.6 is 11.6 Å². The number of nitrogens with two attached hydrogens (primary N) is 1. The van der Waals surface area contributed by atoms with Crippen molar-refractivity contribution in [3.05, 3.63) is 29.0 Å². The fourth-order valence-electron chi connectivity index (χ4n) is 0.995. The third kappa shape index (κ3) is 2.53. The normalized spacial score (nSPS) is 12.9. The van der Waals surface area contributed by atoms with Crippen molar-refractivity contribution in [2.45, 2.75) is 19.9 Å². The summed E-state index contributed by atoms with van der Waals surface area (Å²) in [6, 6.07) is 2.73. The summed E-state index contributed by atoms with van der Waals surface area (Å²) < 4.78 is 0. The van der Waals surface area contributed by atoms with Gasteiger partial charge in [-0.05, 0) is 18.1 Å². The van der Waals surface area contributed by atoms with E-state index in [4.69, 9.17) is 17.3 Å². The number of nitrogens with zero attached hydrogens (tertiary/aromatic N) is 1. The van der Waals surface area contributed by atoms with Crippen molar-refractivity contribution in [3.8, 4) is 0 Å². The predicted octanol–water partition coefficient (Wildman–Crippen LogP) is 1.90. The van der Waals surface area contributed by atoms with Gasteiger partial charge in [0.05, 0.1) is 11.1 Å². The van der Waals surface area contributed by atoms with Gasteiger partial charge in [-0.25, -0.2) is 0 Å². The number of pyridine rings is 1. The zero-order valence-corrected chi connectivity index (χ0v) is 8.95. The lowest BCUT2D eigenvalue weighted by atomic mass is 9.99. The van der Waals surface area contributed by atoms with Crippen LogP contribution in [-0.2, 0) is 0 Å². The maximum Gasteiger partial charge on any atom is 0.198 e. The number of carbonyl (C=O) groups is 1. The molecule has 0 saturated carbocycles. The predicted molar refractivity (Wildman–Crippen MR) is 56.4 cm³/mol. The summed E-state index contributed by atoms with van der Waals surface area (Å²) in [5.74, 6) is -0.0309. The minimum Gasteiger partial charge on any atom is -0.321 e. The first-order chi connectivity index (χ1) is 6.52. The highest BCUT2D eigenvalue weighted by Gasteiger charge is 2.19. The molecule has 14 heavy (non-hydrogen) atoms. The van der Waals surface area contributed by atoms with Crippen molar-refractivity contribution in [3.63, 3.8) is 0 Å². The smallest absolute Gasteiger partial charge is 0.198 e. The second kappa shape index (κ2) is 4.53. The van der Waals surface area contributed by atoms with Gasteiger partial charge in [-0.15, -0.1) is 0 Å². The van der Waals surface area contributed by atoms with Crippen LogP contribution in [0.5, 0.6) is 0 Å². The van der Waals surface area contributed by atoms with Gasteiger partial charge in [0.15, 0.2) is 5.78 Å². The molecular formula is C10H13ClN2O. The highest BCUT2D eigenvalue weighted by molar-refractivity contribution is 6.30. The van der Waals surface area contributed by atoms with Crippen LogP contribution in [-0.4, -0.2) is 16.8 Å². The van der Waals surface area contributed by atoms with Crippen molar-refractivity contribution in [2.24, 2.45) is 11.7 Å². The Morgan fingerprint density at radius 1 is 1.50 bits per heavy atom. The molecule has 1 unspecified atom stereocenters. The van der Waals surface area contributed by atoms with E-state index in [1.165, 1.54) is 6.20 Å². The average molecular weight is 213 g/mol. The quantitative estimate of drug-likeness (QED) is 0.779. The third-order valence-electron chi connectivity index (χ3n) is 2.00. The Morgan fingerprint density at radius 2 is 2.14 bits per heavy atom. The Morgan fingerprint density at radius 3 is 2.57 bits per heavy atom. The molecule has 0 aliphatic carbocycles. The number of Topliss-reactive ketones (excluding diaryl/α,β-unsaturated/α-hetero) is 1. The summed E-state index contributed by atoms with van der Waals surface area (Å²) in [6.45, 7) is 3.80. The van der Waals surface area contributed by atoms with Crippen molar-refractivity contribution in [2.75, 3.05) is 0 Å². The molecule has 1 aromatic heterocycles. The first kappa shape index (κ1) is 11.1. The number of ketones is 1. The molecule has 0 spiro atoms. The minimum absolute atomic E-state index is 0.111. The van der Waals surface area contributed by atoms with E-state index in [-0.39, 0.29) is 11.7 Å². The summed E-state index contributed by atoms with van der Waals surface area (Å²) in [5, 5.41) is 0.514. The molecule has 2 N–H and O–H groups in total. The summed E-state index contributed by atoms with van der Waals surface area (Å²) >= 11 is 5.65. The lowest BCUT2D eigenvalue weighted by Gasteiger charge is -2.13. The highest BCUT2D eigenvalue weighted by atomic mass is 35.5. The van der Waals surface area contributed by atoms with Crippen LogP contribution in [0.1, 0.15) is 24.3 Å². The maximum atomic E-state index is 11.7. The Balaban J connectivity index is 2.84. The largest absolute Gasteiger partial charge is 0.321 e. The molecule has 1 heterocycles. The van der Waals surface area contributed by atoms with Crippen LogP contribution in [0.2, 0.25) is 5.02 Å². The van der Waals surface area contributed by atoms with E-state index in [1.807, 2.05) is 13.8 Å². The highest BCUT2D eigenvalue weighted by Crippen LogP contribution is 2.10. The number of rotatable bonds is 3. The van der Waals surface area contributed by atoms with Gasteiger partial charge in [0.25, 0.3) is 0 Å². The second-order valence-electron chi connectivity index (χ2n) is 3.50. The minimum atomic E-state index is -0.497. The number of carbonyl (C=O) groups excluding carboxylic acids is 1. The van der Waals surface area contributed by atoms with Gasteiger partial charge in [0, 0.05) is 6.20 Å². The lowest BCUT2D eigenvalue weighted by molar-refractivity contribution is 0.0935. The van der Waals surface area contributed by atoms with E-state index in [9.17, 15) is 4.79 Å². The molecule has 76 valence electrons. The van der Waals surface area contributed by atoms with Gasteiger partial charge in [0.2, 0.25) is 0 Å². The van der Waals surface area contributed by atoms with Crippen LogP contribution < -0.4 is 5.73 Å². The monoisotopic (exact) mass is 212 g/mol. The molecule has 3 nitrogen and oxygen atoms in total. The van der Waals surface area contributed by atoms with Gasteiger partial charge in [-0.2, -0.15) is 0 Å². The third-order valence-corrected chi connectivity index (χ3v) is 2.22. The zero-order valence-electron chi connectivity index (χ0n) is 8.20. The molecule has 1 rings (SSSR count). The zero-order chi connectivity index (χ0) is 10.7. The van der Waals surface area contributed by atoms with Crippen molar-refractivity contribution in [1.29, 1.82) is 0 Å². The Hall–Kier alpha value is -0.930. The number of halogens is 1. The van der Waals surface area contributed by atoms with Crippen LogP contribution in [0.15, 0.2) is 18.3 Å². The van der Waals surface area contributed by atoms with Crippen LogP contribution in [0, 0.1) is 5.92 Å². The van der Waals surface area contributed by atoms with E-state index in [0.717, 1.165) is 0 Å². The van der Waals surface area contributed by atoms with Crippen molar-refractivity contribution >= 4 is 17.4 Å². The van der Waals surface area contributed by atoms with Gasteiger partial charge < -0.3 is 5.73 Å². The van der Waals surface area contributed by atoms with Crippen LogP contribution in [0.4, 0.5) is 0 Å². The molecular weight excluding hydrogens is 200 g/mol. The molecule has 0 aliphatic rings. The topological polar surface area (TPSA) is 56.0 Å². The molecule has 0 aliphatic heterocycles. The molecule has 1 atom stereocenters. The Bertz CT molecular complexity index is 321.